The molecule has 0 N–H and O–H groups in total. The van der Waals surface area contributed by atoms with Gasteiger partial charge in [-0.2, -0.15) is 0 Å². The Hall–Kier alpha value is -3.72. The molecule has 3 heterocycles. The molecule has 0 atom stereocenters. The van der Waals surface area contributed by atoms with Crippen molar-refractivity contribution in [3.05, 3.63) is 72.8 Å². The van der Waals surface area contributed by atoms with Crippen LogP contribution in [0.1, 0.15) is 19.9 Å². The average Bonchev–Trinajstić information content (AvgIpc) is 3.41. The topological polar surface area (TPSA) is 31.2 Å². The fourth-order valence-electron chi connectivity index (χ4n) is 5.13. The molecule has 0 spiro atoms. The number of benzene rings is 4. The number of rotatable bonds is 1. The van der Waals surface area contributed by atoms with E-state index >= 15 is 0 Å². The maximum Gasteiger partial charge on any atom is 0.145 e. The van der Waals surface area contributed by atoms with Crippen LogP contribution >= 0.6 is 0 Å². The van der Waals surface area contributed by atoms with Gasteiger partial charge in [0.25, 0.3) is 0 Å². The van der Waals surface area contributed by atoms with E-state index in [4.69, 9.17) is 8.83 Å². The third-order valence-corrected chi connectivity index (χ3v) is 6.34. The number of aromatic nitrogens is 1. The van der Waals surface area contributed by atoms with E-state index in [0.29, 0.717) is 6.04 Å². The Morgan fingerprint density at radius 3 is 1.50 bits per heavy atom. The molecule has 0 amide bonds. The molecule has 144 valence electrons. The summed E-state index contributed by atoms with van der Waals surface area (Å²) in [4.78, 5) is 0. The Balaban J connectivity index is 1.82. The highest BCUT2D eigenvalue weighted by molar-refractivity contribution is 6.30. The summed E-state index contributed by atoms with van der Waals surface area (Å²) < 4.78 is 15.3. The third-order valence-electron chi connectivity index (χ3n) is 6.34. The van der Waals surface area contributed by atoms with Gasteiger partial charge in [-0.1, -0.05) is 36.4 Å². The van der Waals surface area contributed by atoms with E-state index in [1.165, 1.54) is 11.0 Å². The first-order valence-corrected chi connectivity index (χ1v) is 10.4. The summed E-state index contributed by atoms with van der Waals surface area (Å²) >= 11 is 0. The Bertz CT molecular complexity index is 1650. The van der Waals surface area contributed by atoms with Gasteiger partial charge in [0.2, 0.25) is 0 Å². The smallest absolute Gasteiger partial charge is 0.145 e. The van der Waals surface area contributed by atoms with Gasteiger partial charge in [-0.3, -0.25) is 0 Å². The second kappa shape index (κ2) is 5.45. The maximum absolute atomic E-state index is 6.43. The van der Waals surface area contributed by atoms with Gasteiger partial charge in [-0.05, 0) is 50.2 Å². The second-order valence-corrected chi connectivity index (χ2v) is 8.33. The van der Waals surface area contributed by atoms with Gasteiger partial charge in [-0.15, -0.1) is 0 Å². The molecule has 3 heteroatoms. The molecule has 3 nitrogen and oxygen atoms in total. The van der Waals surface area contributed by atoms with Crippen LogP contribution in [0.15, 0.2) is 81.6 Å². The second-order valence-electron chi connectivity index (χ2n) is 8.33. The van der Waals surface area contributed by atoms with Crippen LogP contribution in [0, 0.1) is 0 Å². The van der Waals surface area contributed by atoms with Gasteiger partial charge in [0.1, 0.15) is 22.3 Å². The predicted molar refractivity (Wildman–Crippen MR) is 124 cm³/mol. The van der Waals surface area contributed by atoms with Crippen molar-refractivity contribution in [2.75, 3.05) is 0 Å². The molecule has 0 fully saturated rings. The Labute approximate surface area is 172 Å². The SMILES string of the molecule is CC(C)n1c2ccc3c4ccccc4oc3c2c2c3oc4ccccc4c3ccc21. The predicted octanol–water partition coefficient (Wildman–Crippen LogP) is 8.17. The van der Waals surface area contributed by atoms with Gasteiger partial charge in [0.15, 0.2) is 0 Å². The summed E-state index contributed by atoms with van der Waals surface area (Å²) in [6.45, 7) is 4.45. The Morgan fingerprint density at radius 2 is 1.03 bits per heavy atom. The molecule has 0 aliphatic heterocycles. The van der Waals surface area contributed by atoms with Crippen LogP contribution in [0.3, 0.4) is 0 Å². The van der Waals surface area contributed by atoms with Crippen LogP contribution in [0.4, 0.5) is 0 Å². The van der Waals surface area contributed by atoms with E-state index in [0.717, 1.165) is 54.6 Å². The lowest BCUT2D eigenvalue weighted by Crippen LogP contribution is -1.99. The monoisotopic (exact) mass is 389 g/mol. The van der Waals surface area contributed by atoms with Gasteiger partial charge in [0, 0.05) is 27.6 Å². The number of furan rings is 2. The molecule has 0 saturated heterocycles. The number of para-hydroxylation sites is 2. The standard InChI is InChI=1S/C27H19NO2/c1-15(2)28-20-13-11-18-16-7-3-5-9-22(16)29-26(18)24(20)25-21(28)14-12-19-17-8-4-6-10-23(17)30-27(19)25/h3-15H,1-2H3. The molecule has 0 bridgehead atoms. The van der Waals surface area contributed by atoms with E-state index in [1.807, 2.05) is 24.3 Å². The molecule has 4 aromatic carbocycles. The summed E-state index contributed by atoms with van der Waals surface area (Å²) in [5, 5.41) is 6.87. The summed E-state index contributed by atoms with van der Waals surface area (Å²) in [6, 6.07) is 25.7. The van der Waals surface area contributed by atoms with Crippen molar-refractivity contribution in [1.29, 1.82) is 0 Å². The molecule has 7 aromatic rings. The molecule has 7 rings (SSSR count). The minimum atomic E-state index is 0.314. The van der Waals surface area contributed by atoms with Crippen LogP contribution in [0.25, 0.3) is 65.7 Å². The molecule has 0 radical (unpaired) electrons. The van der Waals surface area contributed by atoms with E-state index in [-0.39, 0.29) is 0 Å². The van der Waals surface area contributed by atoms with Gasteiger partial charge >= 0.3 is 0 Å². The van der Waals surface area contributed by atoms with Gasteiger partial charge in [-0.25, -0.2) is 0 Å². The molecule has 3 aromatic heterocycles. The Kier molecular flexibility index (Phi) is 2.93. The summed E-state index contributed by atoms with van der Waals surface area (Å²) in [5.41, 5.74) is 6.07. The summed E-state index contributed by atoms with van der Waals surface area (Å²) in [7, 11) is 0. The summed E-state index contributed by atoms with van der Waals surface area (Å²) in [5.74, 6) is 0. The van der Waals surface area contributed by atoms with Crippen molar-refractivity contribution >= 4 is 65.7 Å². The first-order valence-electron chi connectivity index (χ1n) is 10.4. The first-order chi connectivity index (χ1) is 14.7. The van der Waals surface area contributed by atoms with E-state index in [2.05, 4.69) is 66.9 Å². The van der Waals surface area contributed by atoms with Crippen molar-refractivity contribution in [1.82, 2.24) is 4.57 Å². The molecular weight excluding hydrogens is 370 g/mol. The quantitative estimate of drug-likeness (QED) is 0.283. The van der Waals surface area contributed by atoms with Gasteiger partial charge in [0.05, 0.1) is 21.8 Å². The molecule has 0 aliphatic rings. The highest BCUT2D eigenvalue weighted by atomic mass is 16.3. The summed E-state index contributed by atoms with van der Waals surface area (Å²) in [6.07, 6.45) is 0. The van der Waals surface area contributed by atoms with Crippen LogP contribution in [0.2, 0.25) is 0 Å². The Morgan fingerprint density at radius 1 is 0.567 bits per heavy atom. The molecule has 0 aliphatic carbocycles. The largest absolute Gasteiger partial charge is 0.455 e. The van der Waals surface area contributed by atoms with E-state index < -0.39 is 0 Å². The lowest BCUT2D eigenvalue weighted by molar-refractivity contribution is 0.641. The lowest BCUT2D eigenvalue weighted by atomic mass is 10.1. The van der Waals surface area contributed by atoms with E-state index in [9.17, 15) is 0 Å². The first kappa shape index (κ1) is 16.1. The number of nitrogens with zero attached hydrogens (tertiary/aromatic N) is 1. The number of fused-ring (bicyclic) bond motifs is 11. The maximum atomic E-state index is 6.43. The zero-order chi connectivity index (χ0) is 20.0. The fraction of sp³-hybridized carbons (Fsp3) is 0.111. The zero-order valence-corrected chi connectivity index (χ0v) is 16.8. The van der Waals surface area contributed by atoms with Crippen molar-refractivity contribution in [3.63, 3.8) is 0 Å². The minimum absolute atomic E-state index is 0.314. The molecule has 30 heavy (non-hydrogen) atoms. The molecule has 0 saturated carbocycles. The number of hydrogen-bond acceptors (Lipinski definition) is 2. The third kappa shape index (κ3) is 1.85. The highest BCUT2D eigenvalue weighted by Crippen LogP contribution is 2.44. The van der Waals surface area contributed by atoms with Crippen LogP contribution in [0.5, 0.6) is 0 Å². The van der Waals surface area contributed by atoms with Crippen LogP contribution in [-0.4, -0.2) is 4.57 Å². The zero-order valence-electron chi connectivity index (χ0n) is 16.8. The molecular formula is C27H19NO2. The lowest BCUT2D eigenvalue weighted by Gasteiger charge is -2.11. The average molecular weight is 389 g/mol. The van der Waals surface area contributed by atoms with Crippen molar-refractivity contribution in [3.8, 4) is 0 Å². The van der Waals surface area contributed by atoms with Gasteiger partial charge < -0.3 is 13.4 Å². The van der Waals surface area contributed by atoms with Crippen molar-refractivity contribution < 1.29 is 8.83 Å². The van der Waals surface area contributed by atoms with Crippen molar-refractivity contribution in [2.24, 2.45) is 0 Å². The number of hydrogen-bond donors (Lipinski definition) is 0. The minimum Gasteiger partial charge on any atom is -0.455 e. The van der Waals surface area contributed by atoms with Crippen molar-refractivity contribution in [2.45, 2.75) is 19.9 Å². The van der Waals surface area contributed by atoms with E-state index in [1.54, 1.807) is 0 Å². The van der Waals surface area contributed by atoms with Crippen LogP contribution in [-0.2, 0) is 0 Å². The van der Waals surface area contributed by atoms with Crippen LogP contribution < -0.4 is 0 Å². The highest BCUT2D eigenvalue weighted by Gasteiger charge is 2.22. The normalized spacial score (nSPS) is 12.6. The fourth-order valence-corrected chi connectivity index (χ4v) is 5.13. The molecule has 0 unspecified atom stereocenters.